The van der Waals surface area contributed by atoms with Gasteiger partial charge in [-0.25, -0.2) is 4.79 Å². The van der Waals surface area contributed by atoms with Gasteiger partial charge in [0.2, 0.25) is 0 Å². The van der Waals surface area contributed by atoms with Gasteiger partial charge in [-0.1, -0.05) is 35.9 Å². The minimum Gasteiger partial charge on any atom is -0.479 e. The van der Waals surface area contributed by atoms with Crippen LogP contribution < -0.4 is 10.1 Å². The summed E-state index contributed by atoms with van der Waals surface area (Å²) >= 11 is 6.00. The van der Waals surface area contributed by atoms with Crippen molar-refractivity contribution in [3.8, 4) is 5.75 Å². The van der Waals surface area contributed by atoms with Crippen molar-refractivity contribution >= 4 is 23.5 Å². The van der Waals surface area contributed by atoms with Crippen molar-refractivity contribution in [2.75, 3.05) is 7.11 Å². The highest BCUT2D eigenvalue weighted by molar-refractivity contribution is 6.32. The van der Waals surface area contributed by atoms with Crippen LogP contribution in [0.1, 0.15) is 22.8 Å². The SMILES string of the molecule is COC(=O)c1ccc(CNC(=O)C(C)Oc2ccccc2Cl)cc1. The summed E-state index contributed by atoms with van der Waals surface area (Å²) < 4.78 is 10.2. The van der Waals surface area contributed by atoms with Gasteiger partial charge in [0.25, 0.3) is 5.91 Å². The molecule has 0 bridgehead atoms. The first-order chi connectivity index (χ1) is 11.5. The van der Waals surface area contributed by atoms with Crippen molar-refractivity contribution in [3.63, 3.8) is 0 Å². The summed E-state index contributed by atoms with van der Waals surface area (Å²) in [6, 6.07) is 13.8. The van der Waals surface area contributed by atoms with Gasteiger partial charge in [-0.2, -0.15) is 0 Å². The molecule has 0 spiro atoms. The van der Waals surface area contributed by atoms with Gasteiger partial charge in [0.05, 0.1) is 17.7 Å². The second-order valence-electron chi connectivity index (χ2n) is 5.10. The zero-order valence-corrected chi connectivity index (χ0v) is 14.2. The number of hydrogen-bond acceptors (Lipinski definition) is 4. The molecule has 5 nitrogen and oxygen atoms in total. The van der Waals surface area contributed by atoms with Crippen molar-refractivity contribution in [1.29, 1.82) is 0 Å². The molecule has 6 heteroatoms. The number of nitrogens with one attached hydrogen (secondary N) is 1. The van der Waals surface area contributed by atoms with Crippen LogP contribution in [0.4, 0.5) is 0 Å². The Morgan fingerprint density at radius 2 is 1.79 bits per heavy atom. The number of amides is 1. The van der Waals surface area contributed by atoms with E-state index in [1.165, 1.54) is 7.11 Å². The monoisotopic (exact) mass is 347 g/mol. The standard InChI is InChI=1S/C18H18ClNO4/c1-12(24-16-6-4-3-5-15(16)19)17(21)20-11-13-7-9-14(10-8-13)18(22)23-2/h3-10,12H,11H2,1-2H3,(H,20,21). The summed E-state index contributed by atoms with van der Waals surface area (Å²) in [5, 5.41) is 3.23. The molecule has 1 N–H and O–H groups in total. The lowest BCUT2D eigenvalue weighted by Crippen LogP contribution is -2.35. The number of esters is 1. The average Bonchev–Trinajstić information content (AvgIpc) is 2.61. The summed E-state index contributed by atoms with van der Waals surface area (Å²) in [4.78, 5) is 23.5. The van der Waals surface area contributed by atoms with Gasteiger partial charge in [-0.15, -0.1) is 0 Å². The fourth-order valence-electron chi connectivity index (χ4n) is 1.99. The van der Waals surface area contributed by atoms with Crippen LogP contribution in [0.3, 0.4) is 0 Å². The van der Waals surface area contributed by atoms with Gasteiger partial charge >= 0.3 is 5.97 Å². The minimum atomic E-state index is -0.681. The smallest absolute Gasteiger partial charge is 0.337 e. The molecule has 2 rings (SSSR count). The number of benzene rings is 2. The maximum absolute atomic E-state index is 12.1. The number of methoxy groups -OCH3 is 1. The van der Waals surface area contributed by atoms with Crippen LogP contribution >= 0.6 is 11.6 Å². The molecule has 0 saturated carbocycles. The molecule has 24 heavy (non-hydrogen) atoms. The van der Waals surface area contributed by atoms with E-state index in [0.717, 1.165) is 5.56 Å². The number of rotatable bonds is 6. The van der Waals surface area contributed by atoms with E-state index in [2.05, 4.69) is 10.1 Å². The molecule has 0 aliphatic carbocycles. The lowest BCUT2D eigenvalue weighted by molar-refractivity contribution is -0.127. The van der Waals surface area contributed by atoms with Crippen molar-refractivity contribution < 1.29 is 19.1 Å². The van der Waals surface area contributed by atoms with Gasteiger partial charge in [-0.05, 0) is 36.8 Å². The molecule has 0 saturated heterocycles. The quantitative estimate of drug-likeness (QED) is 0.815. The van der Waals surface area contributed by atoms with Gasteiger partial charge in [0.15, 0.2) is 6.10 Å². The Balaban J connectivity index is 1.88. The van der Waals surface area contributed by atoms with Crippen LogP contribution in [0.5, 0.6) is 5.75 Å². The molecule has 0 aliphatic rings. The molecule has 2 aromatic rings. The van der Waals surface area contributed by atoms with Crippen molar-refractivity contribution in [3.05, 3.63) is 64.7 Å². The molecule has 1 atom stereocenters. The van der Waals surface area contributed by atoms with Crippen LogP contribution in [0.15, 0.2) is 48.5 Å². The number of carbonyl (C=O) groups excluding carboxylic acids is 2. The first-order valence-corrected chi connectivity index (χ1v) is 7.75. The molecular weight excluding hydrogens is 330 g/mol. The molecule has 0 aliphatic heterocycles. The predicted molar refractivity (Wildman–Crippen MR) is 91.2 cm³/mol. The van der Waals surface area contributed by atoms with E-state index in [4.69, 9.17) is 16.3 Å². The Labute approximate surface area is 145 Å². The fourth-order valence-corrected chi connectivity index (χ4v) is 2.17. The van der Waals surface area contributed by atoms with E-state index in [9.17, 15) is 9.59 Å². The molecule has 1 amide bonds. The van der Waals surface area contributed by atoms with Crippen molar-refractivity contribution in [2.24, 2.45) is 0 Å². The second-order valence-corrected chi connectivity index (χ2v) is 5.50. The van der Waals surface area contributed by atoms with Gasteiger partial charge in [-0.3, -0.25) is 4.79 Å². The van der Waals surface area contributed by atoms with Crippen LogP contribution in [0.25, 0.3) is 0 Å². The van der Waals surface area contributed by atoms with E-state index in [-0.39, 0.29) is 5.91 Å². The molecule has 1 unspecified atom stereocenters. The highest BCUT2D eigenvalue weighted by Gasteiger charge is 2.15. The van der Waals surface area contributed by atoms with E-state index >= 15 is 0 Å². The topological polar surface area (TPSA) is 64.6 Å². The summed E-state index contributed by atoms with van der Waals surface area (Å²) in [7, 11) is 1.33. The van der Waals surface area contributed by atoms with Crippen LogP contribution in [0, 0.1) is 0 Å². The number of halogens is 1. The van der Waals surface area contributed by atoms with E-state index in [1.54, 1.807) is 55.5 Å². The van der Waals surface area contributed by atoms with Crippen LogP contribution in [0.2, 0.25) is 5.02 Å². The predicted octanol–water partition coefficient (Wildman–Crippen LogP) is 3.21. The minimum absolute atomic E-state index is 0.257. The third-order valence-corrected chi connectivity index (χ3v) is 3.66. The Bertz CT molecular complexity index is 715. The summed E-state index contributed by atoms with van der Waals surface area (Å²) in [5.41, 5.74) is 1.32. The molecule has 126 valence electrons. The molecule has 0 fully saturated rings. The largest absolute Gasteiger partial charge is 0.479 e. The lowest BCUT2D eigenvalue weighted by atomic mass is 10.1. The van der Waals surface area contributed by atoms with Crippen LogP contribution in [-0.4, -0.2) is 25.1 Å². The number of carbonyl (C=O) groups is 2. The lowest BCUT2D eigenvalue weighted by Gasteiger charge is -2.15. The summed E-state index contributed by atoms with van der Waals surface area (Å²) in [6.45, 7) is 1.98. The molecule has 0 radical (unpaired) electrons. The molecule has 0 aromatic heterocycles. The summed E-state index contributed by atoms with van der Waals surface area (Å²) in [6.07, 6.45) is -0.681. The zero-order chi connectivity index (χ0) is 17.5. The Morgan fingerprint density at radius 1 is 1.12 bits per heavy atom. The van der Waals surface area contributed by atoms with Gasteiger partial charge in [0.1, 0.15) is 5.75 Å². The Kier molecular flexibility index (Phi) is 6.21. The third kappa shape index (κ3) is 4.73. The normalized spacial score (nSPS) is 11.5. The molecule has 2 aromatic carbocycles. The third-order valence-electron chi connectivity index (χ3n) is 3.35. The first-order valence-electron chi connectivity index (χ1n) is 7.37. The Morgan fingerprint density at radius 3 is 2.42 bits per heavy atom. The maximum atomic E-state index is 12.1. The van der Waals surface area contributed by atoms with E-state index in [1.807, 2.05) is 0 Å². The average molecular weight is 348 g/mol. The number of ether oxygens (including phenoxy) is 2. The van der Waals surface area contributed by atoms with Gasteiger partial charge < -0.3 is 14.8 Å². The molecular formula is C18H18ClNO4. The van der Waals surface area contributed by atoms with E-state index in [0.29, 0.717) is 22.9 Å². The van der Waals surface area contributed by atoms with E-state index < -0.39 is 12.1 Å². The number of hydrogen-bond donors (Lipinski definition) is 1. The maximum Gasteiger partial charge on any atom is 0.337 e. The molecule has 0 heterocycles. The zero-order valence-electron chi connectivity index (χ0n) is 13.4. The fraction of sp³-hybridized carbons (Fsp3) is 0.222. The van der Waals surface area contributed by atoms with Crippen LogP contribution in [-0.2, 0) is 16.1 Å². The Hall–Kier alpha value is -2.53. The second kappa shape index (κ2) is 8.36. The summed E-state index contributed by atoms with van der Waals surface area (Å²) in [5.74, 6) is -0.191. The van der Waals surface area contributed by atoms with Crippen molar-refractivity contribution in [2.45, 2.75) is 19.6 Å². The highest BCUT2D eigenvalue weighted by Crippen LogP contribution is 2.24. The highest BCUT2D eigenvalue weighted by atomic mass is 35.5. The first kappa shape index (κ1) is 17.8. The van der Waals surface area contributed by atoms with Crippen molar-refractivity contribution in [1.82, 2.24) is 5.32 Å². The number of para-hydroxylation sites is 1. The van der Waals surface area contributed by atoms with Gasteiger partial charge in [0, 0.05) is 6.54 Å².